The molecule has 1 unspecified atom stereocenters. The maximum absolute atomic E-state index is 12.9. The van der Waals surface area contributed by atoms with Crippen LogP contribution in [0.1, 0.15) is 32.4 Å². The summed E-state index contributed by atoms with van der Waals surface area (Å²) in [7, 11) is 0. The van der Waals surface area contributed by atoms with Crippen molar-refractivity contribution in [1.82, 2.24) is 10.3 Å². The van der Waals surface area contributed by atoms with Gasteiger partial charge in [0.25, 0.3) is 5.91 Å². The second-order valence-corrected chi connectivity index (χ2v) is 8.00. The van der Waals surface area contributed by atoms with Crippen molar-refractivity contribution in [1.29, 1.82) is 0 Å². The predicted octanol–water partition coefficient (Wildman–Crippen LogP) is 4.50. The number of para-hydroxylation sites is 1. The zero-order valence-corrected chi connectivity index (χ0v) is 16.2. The van der Waals surface area contributed by atoms with Crippen LogP contribution in [0.15, 0.2) is 54.6 Å². The zero-order chi connectivity index (χ0) is 19.4. The quantitative estimate of drug-likeness (QED) is 0.695. The molecule has 0 aliphatic rings. The molecule has 0 radical (unpaired) electrons. The van der Waals surface area contributed by atoms with Gasteiger partial charge in [0.1, 0.15) is 11.6 Å². The number of nitrogens with zero attached hydrogens (tertiary/aromatic N) is 1. The van der Waals surface area contributed by atoms with E-state index < -0.39 is 17.7 Å². The fourth-order valence-electron chi connectivity index (χ4n) is 2.47. The van der Waals surface area contributed by atoms with E-state index in [1.165, 1.54) is 11.3 Å². The minimum Gasteiger partial charge on any atom is -0.444 e. The number of rotatable bonds is 4. The molecule has 0 saturated carbocycles. The first kappa shape index (κ1) is 18.8. The van der Waals surface area contributed by atoms with Crippen LogP contribution in [0.2, 0.25) is 0 Å². The Morgan fingerprint density at radius 2 is 1.70 bits per heavy atom. The molecule has 0 spiro atoms. The number of carbonyl (C=O) groups excluding carboxylic acids is 2. The van der Waals surface area contributed by atoms with Crippen LogP contribution >= 0.6 is 11.3 Å². The number of carbonyl (C=O) groups is 2. The van der Waals surface area contributed by atoms with E-state index in [9.17, 15) is 9.59 Å². The summed E-state index contributed by atoms with van der Waals surface area (Å²) in [4.78, 5) is 29.5. The highest BCUT2D eigenvalue weighted by atomic mass is 32.1. The van der Waals surface area contributed by atoms with Crippen molar-refractivity contribution in [3.63, 3.8) is 0 Å². The summed E-state index contributed by atoms with van der Waals surface area (Å²) in [6.07, 6.45) is -0.657. The van der Waals surface area contributed by atoms with Crippen molar-refractivity contribution in [3.05, 3.63) is 60.2 Å². The summed E-state index contributed by atoms with van der Waals surface area (Å²) in [5.74, 6) is -0.383. The van der Waals surface area contributed by atoms with E-state index in [0.29, 0.717) is 10.7 Å². The highest BCUT2D eigenvalue weighted by Gasteiger charge is 2.26. The van der Waals surface area contributed by atoms with Crippen LogP contribution in [0.3, 0.4) is 0 Å². The lowest BCUT2D eigenvalue weighted by Gasteiger charge is -2.23. The standard InChI is InChI=1S/C20H21N3O3S/c1-20(2,3)26-19(25)22-16(13-9-5-4-6-10-13)17(24)23-18-21-14-11-7-8-12-15(14)27-18/h4-12,16H,1-3H3,(H,22,25)(H,21,23,24). The average molecular weight is 383 g/mol. The average Bonchev–Trinajstić information content (AvgIpc) is 3.01. The van der Waals surface area contributed by atoms with Crippen molar-refractivity contribution in [2.45, 2.75) is 32.4 Å². The number of benzene rings is 2. The van der Waals surface area contributed by atoms with Gasteiger partial charge >= 0.3 is 6.09 Å². The molecule has 140 valence electrons. The maximum Gasteiger partial charge on any atom is 0.408 e. The molecule has 2 aromatic carbocycles. The molecule has 0 saturated heterocycles. The van der Waals surface area contributed by atoms with Crippen LogP contribution in [-0.2, 0) is 9.53 Å². The largest absolute Gasteiger partial charge is 0.444 e. The van der Waals surface area contributed by atoms with Crippen molar-refractivity contribution >= 4 is 38.7 Å². The first-order valence-electron chi connectivity index (χ1n) is 8.53. The Hall–Kier alpha value is -2.93. The van der Waals surface area contributed by atoms with Gasteiger partial charge in [-0.15, -0.1) is 0 Å². The lowest BCUT2D eigenvalue weighted by atomic mass is 10.1. The van der Waals surface area contributed by atoms with Gasteiger partial charge in [0.05, 0.1) is 10.2 Å². The molecule has 27 heavy (non-hydrogen) atoms. The number of amides is 2. The summed E-state index contributed by atoms with van der Waals surface area (Å²) in [5, 5.41) is 5.92. The minimum atomic E-state index is -0.895. The number of fused-ring (bicyclic) bond motifs is 1. The predicted molar refractivity (Wildman–Crippen MR) is 107 cm³/mol. The molecule has 0 aliphatic carbocycles. The second kappa shape index (κ2) is 7.75. The van der Waals surface area contributed by atoms with Gasteiger partial charge in [-0.1, -0.05) is 53.8 Å². The number of nitrogens with one attached hydrogen (secondary N) is 2. The smallest absolute Gasteiger partial charge is 0.408 e. The fraction of sp³-hybridized carbons (Fsp3) is 0.250. The molecule has 3 rings (SSSR count). The molecule has 0 bridgehead atoms. The molecule has 2 amide bonds. The lowest BCUT2D eigenvalue weighted by Crippen LogP contribution is -2.40. The third-order valence-corrected chi connectivity index (χ3v) is 4.53. The molecule has 0 aliphatic heterocycles. The Labute approximate surface area is 161 Å². The summed E-state index contributed by atoms with van der Waals surface area (Å²) < 4.78 is 6.27. The number of thiazole rings is 1. The Morgan fingerprint density at radius 3 is 2.37 bits per heavy atom. The Bertz CT molecular complexity index is 915. The van der Waals surface area contributed by atoms with Crippen LogP contribution in [0.5, 0.6) is 0 Å². The van der Waals surface area contributed by atoms with Crippen molar-refractivity contribution < 1.29 is 14.3 Å². The van der Waals surface area contributed by atoms with E-state index in [2.05, 4.69) is 15.6 Å². The molecule has 2 N–H and O–H groups in total. The molecule has 1 atom stereocenters. The van der Waals surface area contributed by atoms with E-state index in [1.54, 1.807) is 32.9 Å². The first-order chi connectivity index (χ1) is 12.8. The van der Waals surface area contributed by atoms with Crippen molar-refractivity contribution in [2.24, 2.45) is 0 Å². The summed E-state index contributed by atoms with van der Waals surface area (Å²) >= 11 is 1.38. The van der Waals surface area contributed by atoms with Crippen LogP contribution < -0.4 is 10.6 Å². The van der Waals surface area contributed by atoms with Crippen LogP contribution in [0, 0.1) is 0 Å². The third kappa shape index (κ3) is 5.04. The van der Waals surface area contributed by atoms with Gasteiger partial charge in [-0.25, -0.2) is 9.78 Å². The number of ether oxygens (including phenoxy) is 1. The molecule has 7 heteroatoms. The molecule has 1 heterocycles. The topological polar surface area (TPSA) is 80.3 Å². The van der Waals surface area contributed by atoms with E-state index in [1.807, 2.05) is 42.5 Å². The molecular formula is C20H21N3O3S. The lowest BCUT2D eigenvalue weighted by molar-refractivity contribution is -0.118. The Kier molecular flexibility index (Phi) is 5.41. The van der Waals surface area contributed by atoms with E-state index in [0.717, 1.165) is 10.2 Å². The Morgan fingerprint density at radius 1 is 1.04 bits per heavy atom. The number of hydrogen-bond acceptors (Lipinski definition) is 5. The van der Waals surface area contributed by atoms with Crippen molar-refractivity contribution in [2.75, 3.05) is 5.32 Å². The zero-order valence-electron chi connectivity index (χ0n) is 15.4. The SMILES string of the molecule is CC(C)(C)OC(=O)NC(C(=O)Nc1nc2ccccc2s1)c1ccccc1. The van der Waals surface area contributed by atoms with Gasteiger partial charge in [-0.05, 0) is 38.5 Å². The number of aromatic nitrogens is 1. The maximum atomic E-state index is 12.9. The van der Waals surface area contributed by atoms with Gasteiger partial charge in [0, 0.05) is 0 Å². The third-order valence-electron chi connectivity index (χ3n) is 3.58. The number of hydrogen-bond donors (Lipinski definition) is 2. The highest BCUT2D eigenvalue weighted by Crippen LogP contribution is 2.26. The monoisotopic (exact) mass is 383 g/mol. The fourth-order valence-corrected chi connectivity index (χ4v) is 3.34. The Balaban J connectivity index is 1.81. The number of alkyl carbamates (subject to hydrolysis) is 1. The summed E-state index contributed by atoms with van der Waals surface area (Å²) in [6.45, 7) is 5.31. The first-order valence-corrected chi connectivity index (χ1v) is 9.34. The van der Waals surface area contributed by atoms with Crippen LogP contribution in [0.25, 0.3) is 10.2 Å². The molecule has 1 aromatic heterocycles. The highest BCUT2D eigenvalue weighted by molar-refractivity contribution is 7.22. The van der Waals surface area contributed by atoms with Gasteiger partial charge in [0.15, 0.2) is 5.13 Å². The van der Waals surface area contributed by atoms with Crippen molar-refractivity contribution in [3.8, 4) is 0 Å². The summed E-state index contributed by atoms with van der Waals surface area (Å²) in [5.41, 5.74) is 0.811. The van der Waals surface area contributed by atoms with E-state index >= 15 is 0 Å². The summed E-state index contributed by atoms with van der Waals surface area (Å²) in [6, 6.07) is 15.8. The van der Waals surface area contributed by atoms with Gasteiger partial charge < -0.3 is 10.1 Å². The minimum absolute atomic E-state index is 0.383. The number of anilines is 1. The van der Waals surface area contributed by atoms with Gasteiger partial charge in [-0.2, -0.15) is 0 Å². The van der Waals surface area contributed by atoms with Crippen LogP contribution in [0.4, 0.5) is 9.93 Å². The molecule has 0 fully saturated rings. The molecule has 6 nitrogen and oxygen atoms in total. The van der Waals surface area contributed by atoms with Crippen LogP contribution in [-0.4, -0.2) is 22.6 Å². The molecule has 3 aromatic rings. The van der Waals surface area contributed by atoms with E-state index in [-0.39, 0.29) is 5.91 Å². The van der Waals surface area contributed by atoms with Gasteiger partial charge in [0.2, 0.25) is 0 Å². The molecular weight excluding hydrogens is 362 g/mol. The normalized spacial score (nSPS) is 12.4. The second-order valence-electron chi connectivity index (χ2n) is 6.97. The van der Waals surface area contributed by atoms with E-state index in [4.69, 9.17) is 4.74 Å². The van der Waals surface area contributed by atoms with Gasteiger partial charge in [-0.3, -0.25) is 10.1 Å².